The second kappa shape index (κ2) is 5.62. The zero-order chi connectivity index (χ0) is 12.9. The number of aliphatic imine (C=N–C) groups is 1. The molecular weight excluding hydrogens is 242 g/mol. The maximum atomic E-state index is 11.0. The summed E-state index contributed by atoms with van der Waals surface area (Å²) < 4.78 is 22.0. The minimum Gasteiger partial charge on any atom is -0.351 e. The maximum Gasteiger partial charge on any atom is 0.238 e. The molecule has 94 valence electrons. The van der Waals surface area contributed by atoms with Gasteiger partial charge in [-0.2, -0.15) is 0 Å². The molecule has 0 saturated heterocycles. The van der Waals surface area contributed by atoms with E-state index in [4.69, 9.17) is 11.0 Å². The van der Waals surface area contributed by atoms with Gasteiger partial charge in [0.05, 0.1) is 4.90 Å². The van der Waals surface area contributed by atoms with Gasteiger partial charge in [0, 0.05) is 13.6 Å². The van der Waals surface area contributed by atoms with Gasteiger partial charge in [0.1, 0.15) is 0 Å². The number of benzene rings is 1. The third-order valence-corrected chi connectivity index (χ3v) is 3.00. The smallest absolute Gasteiger partial charge is 0.238 e. The van der Waals surface area contributed by atoms with Gasteiger partial charge < -0.3 is 5.32 Å². The number of primary sulfonamides is 1. The molecule has 7 nitrogen and oxygen atoms in total. The summed E-state index contributed by atoms with van der Waals surface area (Å²) in [5.41, 5.74) is 3.26. The Balaban J connectivity index is 2.70. The molecule has 0 aliphatic carbocycles. The van der Waals surface area contributed by atoms with Crippen molar-refractivity contribution in [3.63, 3.8) is 0 Å². The summed E-state index contributed by atoms with van der Waals surface area (Å²) in [5, 5.41) is 7.91. The number of nitrogens with one attached hydrogen (secondary N) is 2. The number of rotatable bonds is 3. The first-order valence-electron chi connectivity index (χ1n) is 4.76. The van der Waals surface area contributed by atoms with Gasteiger partial charge in [-0.3, -0.25) is 10.4 Å². The summed E-state index contributed by atoms with van der Waals surface area (Å²) in [6.07, 6.45) is 0. The average molecular weight is 257 g/mol. The number of guanidine groups is 1. The van der Waals surface area contributed by atoms with E-state index >= 15 is 0 Å². The zero-order valence-electron chi connectivity index (χ0n) is 9.34. The molecule has 8 heteroatoms. The number of hydrogen-bond acceptors (Lipinski definition) is 4. The average Bonchev–Trinajstić information content (AvgIpc) is 2.30. The van der Waals surface area contributed by atoms with Crippen LogP contribution in [-0.2, 0) is 16.6 Å². The minimum absolute atomic E-state index is 0.0857. The molecule has 0 spiro atoms. The van der Waals surface area contributed by atoms with Crippen molar-refractivity contribution in [1.82, 2.24) is 10.7 Å². The minimum atomic E-state index is -3.64. The van der Waals surface area contributed by atoms with E-state index in [1.807, 2.05) is 0 Å². The fourth-order valence-corrected chi connectivity index (χ4v) is 1.69. The van der Waals surface area contributed by atoms with Crippen molar-refractivity contribution in [1.29, 1.82) is 0 Å². The summed E-state index contributed by atoms with van der Waals surface area (Å²) >= 11 is 0. The van der Waals surface area contributed by atoms with Crippen molar-refractivity contribution >= 4 is 16.0 Å². The van der Waals surface area contributed by atoms with Crippen molar-refractivity contribution in [2.45, 2.75) is 11.4 Å². The molecule has 17 heavy (non-hydrogen) atoms. The highest BCUT2D eigenvalue weighted by atomic mass is 32.2. The van der Waals surface area contributed by atoms with Crippen LogP contribution in [0.2, 0.25) is 0 Å². The van der Waals surface area contributed by atoms with Gasteiger partial charge in [0.25, 0.3) is 0 Å². The fraction of sp³-hybridized carbons (Fsp3) is 0.222. The molecule has 0 amide bonds. The first-order valence-corrected chi connectivity index (χ1v) is 6.31. The van der Waals surface area contributed by atoms with Crippen molar-refractivity contribution < 1.29 is 8.42 Å². The van der Waals surface area contributed by atoms with E-state index in [1.54, 1.807) is 19.2 Å². The van der Waals surface area contributed by atoms with Crippen LogP contribution in [0.5, 0.6) is 0 Å². The summed E-state index contributed by atoms with van der Waals surface area (Å²) in [7, 11) is -2.05. The van der Waals surface area contributed by atoms with Gasteiger partial charge >= 0.3 is 0 Å². The van der Waals surface area contributed by atoms with E-state index in [0.29, 0.717) is 12.5 Å². The van der Waals surface area contributed by atoms with Crippen LogP contribution in [-0.4, -0.2) is 21.4 Å². The van der Waals surface area contributed by atoms with Gasteiger partial charge in [0.15, 0.2) is 0 Å². The molecule has 0 bridgehead atoms. The Bertz CT molecular complexity index is 495. The Morgan fingerprint density at radius 3 is 2.35 bits per heavy atom. The summed E-state index contributed by atoms with van der Waals surface area (Å²) in [6.45, 7) is 0.474. The molecule has 0 aliphatic rings. The predicted molar refractivity (Wildman–Crippen MR) is 65.3 cm³/mol. The van der Waals surface area contributed by atoms with Crippen LogP contribution in [0.3, 0.4) is 0 Å². The topological polar surface area (TPSA) is 123 Å². The molecule has 0 heterocycles. The Labute approximate surface area is 99.9 Å². The summed E-state index contributed by atoms with van der Waals surface area (Å²) in [5.74, 6) is 5.63. The lowest BCUT2D eigenvalue weighted by molar-refractivity contribution is 0.597. The molecule has 0 radical (unpaired) electrons. The van der Waals surface area contributed by atoms with Crippen LogP contribution < -0.4 is 21.7 Å². The molecule has 6 N–H and O–H groups in total. The first-order chi connectivity index (χ1) is 7.97. The molecule has 0 atom stereocenters. The predicted octanol–water partition coefficient (Wildman–Crippen LogP) is -1.13. The number of nitrogens with zero attached hydrogens (tertiary/aromatic N) is 1. The van der Waals surface area contributed by atoms with Gasteiger partial charge in [-0.05, 0) is 17.7 Å². The lowest BCUT2D eigenvalue weighted by Gasteiger charge is -2.08. The number of nitrogens with two attached hydrogens (primary N) is 2. The molecule has 0 unspecified atom stereocenters. The lowest BCUT2D eigenvalue weighted by Crippen LogP contribution is -2.40. The highest BCUT2D eigenvalue weighted by molar-refractivity contribution is 7.89. The van der Waals surface area contributed by atoms with Gasteiger partial charge in [-0.15, -0.1) is 0 Å². The van der Waals surface area contributed by atoms with Crippen LogP contribution in [0.4, 0.5) is 0 Å². The molecule has 0 fully saturated rings. The highest BCUT2D eigenvalue weighted by Crippen LogP contribution is 2.08. The Morgan fingerprint density at radius 2 is 1.94 bits per heavy atom. The lowest BCUT2D eigenvalue weighted by atomic mass is 10.2. The fourth-order valence-electron chi connectivity index (χ4n) is 1.18. The van der Waals surface area contributed by atoms with Gasteiger partial charge in [-0.1, -0.05) is 12.1 Å². The van der Waals surface area contributed by atoms with Crippen LogP contribution in [0.1, 0.15) is 5.56 Å². The van der Waals surface area contributed by atoms with E-state index in [-0.39, 0.29) is 4.90 Å². The van der Waals surface area contributed by atoms with Crippen molar-refractivity contribution in [3.8, 4) is 0 Å². The molecule has 0 saturated carbocycles. The summed E-state index contributed by atoms with van der Waals surface area (Å²) in [6, 6.07) is 6.23. The van der Waals surface area contributed by atoms with Crippen LogP contribution in [0.25, 0.3) is 0 Å². The number of hydrogen-bond donors (Lipinski definition) is 4. The largest absolute Gasteiger partial charge is 0.351 e. The zero-order valence-corrected chi connectivity index (χ0v) is 10.2. The van der Waals surface area contributed by atoms with E-state index < -0.39 is 10.0 Å². The second-order valence-electron chi connectivity index (χ2n) is 3.26. The van der Waals surface area contributed by atoms with Crippen LogP contribution in [0, 0.1) is 0 Å². The molecule has 0 aromatic heterocycles. The van der Waals surface area contributed by atoms with E-state index in [0.717, 1.165) is 5.56 Å². The number of hydrazine groups is 1. The van der Waals surface area contributed by atoms with Gasteiger partial charge in [0.2, 0.25) is 16.0 Å². The van der Waals surface area contributed by atoms with Crippen molar-refractivity contribution in [2.24, 2.45) is 16.0 Å². The molecule has 1 rings (SSSR count). The molecule has 1 aromatic carbocycles. The number of sulfonamides is 1. The molecule has 1 aromatic rings. The van der Waals surface area contributed by atoms with Crippen molar-refractivity contribution in [3.05, 3.63) is 29.8 Å². The monoisotopic (exact) mass is 257 g/mol. The maximum absolute atomic E-state index is 11.0. The molecular formula is C9H15N5O2S. The highest BCUT2D eigenvalue weighted by Gasteiger charge is 2.06. The SMILES string of the molecule is CN=C(NN)NCc1ccc(S(N)(=O)=O)cc1. The summed E-state index contributed by atoms with van der Waals surface area (Å²) in [4.78, 5) is 3.92. The normalized spacial score (nSPS) is 12.3. The van der Waals surface area contributed by atoms with E-state index in [9.17, 15) is 8.42 Å². The second-order valence-corrected chi connectivity index (χ2v) is 4.82. The first kappa shape index (κ1) is 13.4. The third-order valence-electron chi connectivity index (χ3n) is 2.07. The van der Waals surface area contributed by atoms with Gasteiger partial charge in [-0.25, -0.2) is 19.4 Å². The standard InChI is InChI=1S/C9H15N5O2S/c1-12-9(14-10)13-6-7-2-4-8(5-3-7)17(11,15)16/h2-5H,6,10H2,1H3,(H2,11,15,16)(H2,12,13,14). The van der Waals surface area contributed by atoms with E-state index in [2.05, 4.69) is 15.7 Å². The van der Waals surface area contributed by atoms with E-state index in [1.165, 1.54) is 12.1 Å². The van der Waals surface area contributed by atoms with Crippen LogP contribution in [0.15, 0.2) is 34.2 Å². The third kappa shape index (κ3) is 4.02. The quantitative estimate of drug-likeness (QED) is 0.236. The Kier molecular flexibility index (Phi) is 4.44. The Morgan fingerprint density at radius 1 is 1.35 bits per heavy atom. The molecule has 0 aliphatic heterocycles. The van der Waals surface area contributed by atoms with Crippen LogP contribution >= 0.6 is 0 Å². The van der Waals surface area contributed by atoms with Crippen molar-refractivity contribution in [2.75, 3.05) is 7.05 Å². The Hall–Kier alpha value is -1.64.